The molecule has 2 fully saturated rings. The van der Waals surface area contributed by atoms with Crippen LogP contribution in [-0.2, 0) is 4.74 Å². The molecule has 0 aromatic rings. The van der Waals surface area contributed by atoms with E-state index < -0.39 is 0 Å². The van der Waals surface area contributed by atoms with Crippen LogP contribution < -0.4 is 5.32 Å². The van der Waals surface area contributed by atoms with Gasteiger partial charge in [0.2, 0.25) is 0 Å². The van der Waals surface area contributed by atoms with E-state index in [4.69, 9.17) is 4.74 Å². The van der Waals surface area contributed by atoms with E-state index in [0.29, 0.717) is 12.0 Å². The molecule has 0 amide bonds. The van der Waals surface area contributed by atoms with Crippen LogP contribution >= 0.6 is 0 Å². The number of hydrogen-bond acceptors (Lipinski definition) is 2. The van der Waals surface area contributed by atoms with E-state index in [1.54, 1.807) is 0 Å². The summed E-state index contributed by atoms with van der Waals surface area (Å²) in [6.07, 6.45) is 13.1. The molecule has 20 heavy (non-hydrogen) atoms. The highest BCUT2D eigenvalue weighted by atomic mass is 16.5. The zero-order valence-electron chi connectivity index (χ0n) is 13.9. The summed E-state index contributed by atoms with van der Waals surface area (Å²) in [7, 11) is 1.83. The molecule has 0 saturated heterocycles. The van der Waals surface area contributed by atoms with Gasteiger partial charge in [0.25, 0.3) is 0 Å². The first-order valence-electron chi connectivity index (χ1n) is 8.97. The lowest BCUT2D eigenvalue weighted by Gasteiger charge is -2.41. The van der Waals surface area contributed by atoms with Gasteiger partial charge in [0.15, 0.2) is 0 Å². The SMILES string of the molecule is COCC(NC1CCCCC1C1CCCCC1)C(C)C. The normalized spacial score (nSPS) is 30.6. The van der Waals surface area contributed by atoms with Crippen molar-refractivity contribution < 1.29 is 4.74 Å². The molecule has 0 aliphatic heterocycles. The van der Waals surface area contributed by atoms with Gasteiger partial charge in [0.05, 0.1) is 6.61 Å². The Balaban J connectivity index is 1.94. The summed E-state index contributed by atoms with van der Waals surface area (Å²) in [6, 6.07) is 1.27. The van der Waals surface area contributed by atoms with Gasteiger partial charge >= 0.3 is 0 Å². The largest absolute Gasteiger partial charge is 0.383 e. The summed E-state index contributed by atoms with van der Waals surface area (Å²) in [5.74, 6) is 2.59. The molecule has 2 saturated carbocycles. The minimum absolute atomic E-state index is 0.522. The van der Waals surface area contributed by atoms with Crippen molar-refractivity contribution in [3.63, 3.8) is 0 Å². The molecule has 2 rings (SSSR count). The van der Waals surface area contributed by atoms with Crippen molar-refractivity contribution in [2.24, 2.45) is 17.8 Å². The van der Waals surface area contributed by atoms with E-state index in [-0.39, 0.29) is 0 Å². The van der Waals surface area contributed by atoms with E-state index in [0.717, 1.165) is 24.5 Å². The molecule has 0 spiro atoms. The van der Waals surface area contributed by atoms with Gasteiger partial charge in [-0.3, -0.25) is 0 Å². The first-order valence-corrected chi connectivity index (χ1v) is 8.97. The van der Waals surface area contributed by atoms with Crippen molar-refractivity contribution in [2.45, 2.75) is 83.7 Å². The summed E-state index contributed by atoms with van der Waals surface area (Å²) in [5, 5.41) is 3.98. The molecule has 2 heteroatoms. The zero-order chi connectivity index (χ0) is 14.4. The quantitative estimate of drug-likeness (QED) is 0.780. The van der Waals surface area contributed by atoms with Gasteiger partial charge in [-0.2, -0.15) is 0 Å². The van der Waals surface area contributed by atoms with Gasteiger partial charge in [-0.15, -0.1) is 0 Å². The molecule has 3 atom stereocenters. The van der Waals surface area contributed by atoms with Crippen LogP contribution in [0.15, 0.2) is 0 Å². The van der Waals surface area contributed by atoms with Crippen molar-refractivity contribution in [2.75, 3.05) is 13.7 Å². The zero-order valence-corrected chi connectivity index (χ0v) is 13.9. The molecular weight excluding hydrogens is 246 g/mol. The third-order valence-corrected chi connectivity index (χ3v) is 5.65. The lowest BCUT2D eigenvalue weighted by Crippen LogP contribution is -2.50. The van der Waals surface area contributed by atoms with Crippen molar-refractivity contribution in [3.8, 4) is 0 Å². The van der Waals surface area contributed by atoms with Crippen molar-refractivity contribution in [3.05, 3.63) is 0 Å². The maximum atomic E-state index is 5.43. The Morgan fingerprint density at radius 1 is 0.950 bits per heavy atom. The van der Waals surface area contributed by atoms with Crippen LogP contribution in [0, 0.1) is 17.8 Å². The van der Waals surface area contributed by atoms with Crippen LogP contribution in [0.5, 0.6) is 0 Å². The molecule has 1 N–H and O–H groups in total. The van der Waals surface area contributed by atoms with E-state index in [9.17, 15) is 0 Å². The third kappa shape index (κ3) is 4.46. The summed E-state index contributed by atoms with van der Waals surface area (Å²) >= 11 is 0. The van der Waals surface area contributed by atoms with Gasteiger partial charge in [0.1, 0.15) is 0 Å². The Morgan fingerprint density at radius 2 is 1.60 bits per heavy atom. The topological polar surface area (TPSA) is 21.3 Å². The highest BCUT2D eigenvalue weighted by molar-refractivity contribution is 4.89. The molecule has 0 heterocycles. The fourth-order valence-corrected chi connectivity index (χ4v) is 4.38. The van der Waals surface area contributed by atoms with Crippen molar-refractivity contribution in [1.82, 2.24) is 5.32 Å². The van der Waals surface area contributed by atoms with Crippen LogP contribution in [0.2, 0.25) is 0 Å². The Hall–Kier alpha value is -0.0800. The summed E-state index contributed by atoms with van der Waals surface area (Å²) in [4.78, 5) is 0. The molecule has 2 nitrogen and oxygen atoms in total. The predicted molar refractivity (Wildman–Crippen MR) is 86.0 cm³/mol. The van der Waals surface area contributed by atoms with Gasteiger partial charge < -0.3 is 10.1 Å². The van der Waals surface area contributed by atoms with Gasteiger partial charge in [-0.1, -0.05) is 58.8 Å². The second kappa shape index (κ2) is 8.38. The molecular formula is C18H35NO. The number of nitrogens with one attached hydrogen (secondary N) is 1. The van der Waals surface area contributed by atoms with E-state index >= 15 is 0 Å². The van der Waals surface area contributed by atoms with Crippen LogP contribution in [-0.4, -0.2) is 25.8 Å². The average Bonchev–Trinajstić information content (AvgIpc) is 2.48. The second-order valence-electron chi connectivity index (χ2n) is 7.43. The monoisotopic (exact) mass is 281 g/mol. The molecule has 3 unspecified atom stereocenters. The van der Waals surface area contributed by atoms with Gasteiger partial charge in [0, 0.05) is 19.2 Å². The maximum absolute atomic E-state index is 5.43. The molecule has 2 aliphatic rings. The first-order chi connectivity index (χ1) is 9.72. The van der Waals surface area contributed by atoms with E-state index in [1.807, 2.05) is 7.11 Å². The van der Waals surface area contributed by atoms with Crippen molar-refractivity contribution in [1.29, 1.82) is 0 Å². The number of hydrogen-bond donors (Lipinski definition) is 1. The third-order valence-electron chi connectivity index (χ3n) is 5.65. The Bertz CT molecular complexity index is 260. The fourth-order valence-electron chi connectivity index (χ4n) is 4.38. The minimum Gasteiger partial charge on any atom is -0.383 e. The summed E-state index contributed by atoms with van der Waals surface area (Å²) in [6.45, 7) is 5.48. The molecule has 118 valence electrons. The van der Waals surface area contributed by atoms with Gasteiger partial charge in [-0.25, -0.2) is 0 Å². The van der Waals surface area contributed by atoms with Crippen LogP contribution in [0.3, 0.4) is 0 Å². The predicted octanol–water partition coefficient (Wildman–Crippen LogP) is 4.39. The lowest BCUT2D eigenvalue weighted by atomic mass is 9.70. The molecule has 0 radical (unpaired) electrons. The van der Waals surface area contributed by atoms with E-state index in [2.05, 4.69) is 19.2 Å². The highest BCUT2D eigenvalue weighted by Crippen LogP contribution is 2.38. The van der Waals surface area contributed by atoms with Crippen molar-refractivity contribution >= 4 is 0 Å². The molecule has 0 aromatic heterocycles. The van der Waals surface area contributed by atoms with Crippen LogP contribution in [0.25, 0.3) is 0 Å². The molecule has 0 bridgehead atoms. The smallest absolute Gasteiger partial charge is 0.0618 e. The van der Waals surface area contributed by atoms with Gasteiger partial charge in [-0.05, 0) is 30.6 Å². The van der Waals surface area contributed by atoms with Crippen LogP contribution in [0.1, 0.15) is 71.6 Å². The lowest BCUT2D eigenvalue weighted by molar-refractivity contribution is 0.0996. The number of rotatable bonds is 6. The second-order valence-corrected chi connectivity index (χ2v) is 7.43. The molecule has 2 aliphatic carbocycles. The average molecular weight is 281 g/mol. The highest BCUT2D eigenvalue weighted by Gasteiger charge is 2.33. The standard InChI is InChI=1S/C18H35NO/c1-14(2)18(13-20-3)19-17-12-8-7-11-16(17)15-9-5-4-6-10-15/h14-19H,4-13H2,1-3H3. The van der Waals surface area contributed by atoms with E-state index in [1.165, 1.54) is 57.8 Å². The Labute approximate surface area is 126 Å². The summed E-state index contributed by atoms with van der Waals surface area (Å²) in [5.41, 5.74) is 0. The first kappa shape index (κ1) is 16.3. The minimum atomic E-state index is 0.522. The summed E-state index contributed by atoms with van der Waals surface area (Å²) < 4.78 is 5.43. The fraction of sp³-hybridized carbons (Fsp3) is 1.00. The molecule has 0 aromatic carbocycles. The Morgan fingerprint density at radius 3 is 2.25 bits per heavy atom. The Kier molecular flexibility index (Phi) is 6.83. The number of methoxy groups -OCH3 is 1. The number of ether oxygens (including phenoxy) is 1. The van der Waals surface area contributed by atoms with Crippen LogP contribution in [0.4, 0.5) is 0 Å². The maximum Gasteiger partial charge on any atom is 0.0618 e.